The third-order valence-electron chi connectivity index (χ3n) is 9.86. The van der Waals surface area contributed by atoms with Gasteiger partial charge in [0.2, 0.25) is 0 Å². The number of hydrogen-bond donors (Lipinski definition) is 2. The maximum atomic E-state index is 12.5. The minimum absolute atomic E-state index is 0.00476. The van der Waals surface area contributed by atoms with Crippen molar-refractivity contribution in [3.05, 3.63) is 124 Å². The van der Waals surface area contributed by atoms with Crippen molar-refractivity contribution in [3.8, 4) is 11.5 Å². The second-order valence-electron chi connectivity index (χ2n) is 13.8. The van der Waals surface area contributed by atoms with E-state index in [4.69, 9.17) is 23.4 Å². The number of H-pyrrole nitrogens is 1. The van der Waals surface area contributed by atoms with Gasteiger partial charge in [0.05, 0.1) is 33.4 Å². The number of hydrogen-bond acceptors (Lipinski definition) is 9. The van der Waals surface area contributed by atoms with E-state index in [0.29, 0.717) is 22.7 Å². The predicted octanol–water partition coefficient (Wildman–Crippen LogP) is 5.63. The number of ether oxygens (including phenoxy) is 4. The molecule has 0 saturated carbocycles. The number of methoxy groups -OCH3 is 2. The number of nitrogens with zero attached hydrogens (tertiary/aromatic N) is 3. The molecule has 3 aromatic carbocycles. The Morgan fingerprint density at radius 3 is 2.02 bits per heavy atom. The molecule has 12 heteroatoms. The van der Waals surface area contributed by atoms with E-state index in [2.05, 4.69) is 48.9 Å². The molecule has 5 aromatic rings. The summed E-state index contributed by atoms with van der Waals surface area (Å²) >= 11 is 0. The lowest BCUT2D eigenvalue weighted by Crippen LogP contribution is -2.48. The highest BCUT2D eigenvalue weighted by Gasteiger charge is 2.52. The van der Waals surface area contributed by atoms with Crippen LogP contribution in [0.4, 0.5) is 0 Å². The topological polar surface area (TPSA) is 129 Å². The molecule has 49 heavy (non-hydrogen) atoms. The van der Waals surface area contributed by atoms with Crippen LogP contribution in [0.3, 0.4) is 0 Å². The van der Waals surface area contributed by atoms with E-state index in [1.165, 1.54) is 10.8 Å². The first-order valence-corrected chi connectivity index (χ1v) is 19.2. The van der Waals surface area contributed by atoms with Gasteiger partial charge in [-0.3, -0.25) is 4.98 Å². The molecule has 0 amide bonds. The van der Waals surface area contributed by atoms with Gasteiger partial charge in [0, 0.05) is 5.56 Å². The molecule has 2 aromatic heterocycles. The highest BCUT2D eigenvalue weighted by atomic mass is 28.4. The molecule has 0 radical (unpaired) electrons. The molecule has 6 rings (SSSR count). The fourth-order valence-corrected chi connectivity index (χ4v) is 7.39. The van der Waals surface area contributed by atoms with Crippen molar-refractivity contribution < 1.29 is 28.5 Å². The number of aliphatic hydroxyl groups excluding tert-OH is 1. The van der Waals surface area contributed by atoms with Gasteiger partial charge >= 0.3 is 5.69 Å². The van der Waals surface area contributed by atoms with E-state index in [1.54, 1.807) is 20.4 Å². The largest absolute Gasteiger partial charge is 0.497 e. The van der Waals surface area contributed by atoms with Crippen molar-refractivity contribution in [1.82, 2.24) is 19.6 Å². The van der Waals surface area contributed by atoms with Crippen molar-refractivity contribution in [3.63, 3.8) is 0 Å². The summed E-state index contributed by atoms with van der Waals surface area (Å²) in [4.78, 5) is 19.5. The molecule has 2 N–H and O–H groups in total. The van der Waals surface area contributed by atoms with E-state index in [1.807, 2.05) is 78.9 Å². The van der Waals surface area contributed by atoms with E-state index < -0.39 is 44.0 Å². The average Bonchev–Trinajstić information content (AvgIpc) is 3.66. The minimum atomic E-state index is -2.43. The van der Waals surface area contributed by atoms with Gasteiger partial charge < -0.3 is 28.5 Å². The standard InChI is InChI=1S/C37H44N4O7Si/c1-36(2,3)49(6,7)48-33-31(42)30(47-32(33)29-21-40-41-34(29)38-23-39-35(41)43)22-46-37(24-11-9-8-10-12-24,25-13-17-27(44-4)18-14-25)26-15-19-28(45-5)20-16-26/h8-21,23,30-33,42H,22H2,1-7H3,(H,38,39,43)/t30-,31-,32+,33-/m1/s1. The van der Waals surface area contributed by atoms with Crippen molar-refractivity contribution in [2.75, 3.05) is 20.8 Å². The molecule has 258 valence electrons. The quantitative estimate of drug-likeness (QED) is 0.134. The summed E-state index contributed by atoms with van der Waals surface area (Å²) in [6.45, 7) is 10.7. The van der Waals surface area contributed by atoms with Gasteiger partial charge in [-0.15, -0.1) is 0 Å². The fourth-order valence-electron chi connectivity index (χ4n) is 6.10. The van der Waals surface area contributed by atoms with Gasteiger partial charge in [-0.25, -0.2) is 9.78 Å². The third kappa shape index (κ3) is 6.42. The summed E-state index contributed by atoms with van der Waals surface area (Å²) in [5, 5.41) is 16.2. The van der Waals surface area contributed by atoms with Crippen molar-refractivity contribution >= 4 is 14.0 Å². The van der Waals surface area contributed by atoms with Crippen molar-refractivity contribution in [1.29, 1.82) is 0 Å². The number of fused-ring (bicyclic) bond motifs is 1. The molecular formula is C37H44N4O7Si. The van der Waals surface area contributed by atoms with Crippen molar-refractivity contribution in [2.45, 2.75) is 68.9 Å². The molecule has 11 nitrogen and oxygen atoms in total. The van der Waals surface area contributed by atoms with Gasteiger partial charge in [-0.2, -0.15) is 9.61 Å². The Bertz CT molecular complexity index is 1870. The van der Waals surface area contributed by atoms with Gasteiger partial charge in [0.25, 0.3) is 0 Å². The van der Waals surface area contributed by atoms with Gasteiger partial charge in [0.1, 0.15) is 41.5 Å². The summed E-state index contributed by atoms with van der Waals surface area (Å²) < 4.78 is 32.8. The van der Waals surface area contributed by atoms with Crippen LogP contribution in [0.15, 0.2) is 96.2 Å². The molecule has 1 saturated heterocycles. The number of aromatic amines is 1. The highest BCUT2D eigenvalue weighted by molar-refractivity contribution is 6.74. The van der Waals surface area contributed by atoms with Gasteiger partial charge in [0.15, 0.2) is 14.0 Å². The Kier molecular flexibility index (Phi) is 9.53. The second-order valence-corrected chi connectivity index (χ2v) is 18.5. The first-order chi connectivity index (χ1) is 23.4. The zero-order valence-corrected chi connectivity index (χ0v) is 29.9. The summed E-state index contributed by atoms with van der Waals surface area (Å²) in [5.41, 5.74) is 1.94. The van der Waals surface area contributed by atoms with Crippen LogP contribution in [0, 0.1) is 0 Å². The van der Waals surface area contributed by atoms with Crippen LogP contribution in [0.1, 0.15) is 49.1 Å². The molecule has 1 aliphatic rings. The lowest BCUT2D eigenvalue weighted by Gasteiger charge is -2.40. The SMILES string of the molecule is COc1ccc(C(OC[C@H]2O[C@@H](c3cnn4c(=O)[nH]cnc34)[C@H](O[Si](C)(C)C(C)(C)C)[C@@H]2O)(c2ccccc2)c2ccc(OC)cc2)cc1. The number of rotatable bonds is 11. The number of nitrogens with one attached hydrogen (secondary N) is 1. The van der Waals surface area contributed by atoms with Crippen LogP contribution in [-0.4, -0.2) is 72.1 Å². The molecule has 3 heterocycles. The maximum absolute atomic E-state index is 12.5. The second kappa shape index (κ2) is 13.5. The van der Waals surface area contributed by atoms with Crippen LogP contribution in [0.25, 0.3) is 5.65 Å². The molecule has 0 bridgehead atoms. The van der Waals surface area contributed by atoms with Crippen LogP contribution >= 0.6 is 0 Å². The van der Waals surface area contributed by atoms with E-state index >= 15 is 0 Å². The van der Waals surface area contributed by atoms with Crippen LogP contribution in [0.2, 0.25) is 18.1 Å². The Morgan fingerprint density at radius 1 is 0.898 bits per heavy atom. The smallest absolute Gasteiger partial charge is 0.349 e. The zero-order chi connectivity index (χ0) is 35.0. The number of aromatic nitrogens is 4. The number of aliphatic hydroxyl groups is 1. The van der Waals surface area contributed by atoms with Crippen LogP contribution < -0.4 is 15.2 Å². The number of benzene rings is 3. The molecule has 0 aliphatic carbocycles. The predicted molar refractivity (Wildman–Crippen MR) is 188 cm³/mol. The van der Waals surface area contributed by atoms with Gasteiger partial charge in [-0.05, 0) is 59.1 Å². The normalized spacial score (nSPS) is 20.1. The Labute approximate surface area is 286 Å². The first kappa shape index (κ1) is 34.5. The summed E-state index contributed by atoms with van der Waals surface area (Å²) in [6.07, 6.45) is -0.526. The first-order valence-electron chi connectivity index (χ1n) is 16.3. The molecule has 1 fully saturated rings. The zero-order valence-electron chi connectivity index (χ0n) is 28.9. The van der Waals surface area contributed by atoms with Gasteiger partial charge in [-0.1, -0.05) is 75.4 Å². The monoisotopic (exact) mass is 684 g/mol. The lowest BCUT2D eigenvalue weighted by atomic mass is 9.80. The molecular weight excluding hydrogens is 641 g/mol. The summed E-state index contributed by atoms with van der Waals surface area (Å²) in [7, 11) is 0.833. The lowest BCUT2D eigenvalue weighted by molar-refractivity contribution is -0.0826. The van der Waals surface area contributed by atoms with E-state index in [9.17, 15) is 9.90 Å². The third-order valence-corrected chi connectivity index (χ3v) is 14.3. The molecule has 1 aliphatic heterocycles. The molecule has 4 atom stereocenters. The van der Waals surface area contributed by atoms with E-state index in [0.717, 1.165) is 16.7 Å². The maximum Gasteiger partial charge on any atom is 0.349 e. The Morgan fingerprint density at radius 2 is 1.47 bits per heavy atom. The van der Waals surface area contributed by atoms with Crippen LogP contribution in [0.5, 0.6) is 11.5 Å². The fraction of sp³-hybridized carbons (Fsp3) is 0.378. The Balaban J connectivity index is 1.43. The average molecular weight is 685 g/mol. The molecule has 0 unspecified atom stereocenters. The Hall–Kier alpha value is -4.33. The summed E-state index contributed by atoms with van der Waals surface area (Å²) in [6, 6.07) is 25.5. The summed E-state index contributed by atoms with van der Waals surface area (Å²) in [5.74, 6) is 1.42. The van der Waals surface area contributed by atoms with Crippen LogP contribution in [-0.2, 0) is 19.5 Å². The highest BCUT2D eigenvalue weighted by Crippen LogP contribution is 2.46. The molecule has 0 spiro atoms. The minimum Gasteiger partial charge on any atom is -0.497 e. The van der Waals surface area contributed by atoms with E-state index in [-0.39, 0.29) is 11.6 Å². The van der Waals surface area contributed by atoms with Crippen molar-refractivity contribution in [2.24, 2.45) is 0 Å².